The van der Waals surface area contributed by atoms with E-state index in [-0.39, 0.29) is 5.54 Å². The van der Waals surface area contributed by atoms with E-state index in [0.29, 0.717) is 4.83 Å². The normalized spacial score (nSPS) is 14.3. The lowest BCUT2D eigenvalue weighted by Crippen LogP contribution is -2.56. The van der Waals surface area contributed by atoms with Crippen molar-refractivity contribution in [3.63, 3.8) is 0 Å². The van der Waals surface area contributed by atoms with Crippen molar-refractivity contribution in [2.75, 3.05) is 0 Å². The van der Waals surface area contributed by atoms with E-state index in [1.165, 1.54) is 0 Å². The lowest BCUT2D eigenvalue weighted by molar-refractivity contribution is -0.756. The van der Waals surface area contributed by atoms with Crippen LogP contribution in [0.3, 0.4) is 0 Å². The summed E-state index contributed by atoms with van der Waals surface area (Å²) < 4.78 is 2.21. The van der Waals surface area contributed by atoms with Crippen LogP contribution in [0.2, 0.25) is 0 Å². The van der Waals surface area contributed by atoms with Gasteiger partial charge in [0, 0.05) is 26.0 Å². The first-order valence-corrected chi connectivity index (χ1v) is 5.07. The van der Waals surface area contributed by atoms with E-state index in [9.17, 15) is 0 Å². The topological polar surface area (TPSA) is 3.88 Å². The van der Waals surface area contributed by atoms with Crippen molar-refractivity contribution < 1.29 is 4.57 Å². The zero-order chi connectivity index (χ0) is 9.19. The third kappa shape index (κ3) is 1.86. The van der Waals surface area contributed by atoms with Crippen LogP contribution in [0, 0.1) is 0 Å². The maximum Gasteiger partial charge on any atom is 0.174 e. The Balaban J connectivity index is 2.98. The number of pyridine rings is 1. The molecular formula is C10H15BrN+. The molecule has 0 saturated carbocycles. The molecule has 1 aromatic rings. The standard InChI is InChI=1S/C10H15BrN/c1-9(11)10(2,3)12-7-5-4-6-8-12/h4-9H,1-3H3/q+1/t9-/m1/s1. The highest BCUT2D eigenvalue weighted by molar-refractivity contribution is 9.09. The van der Waals surface area contributed by atoms with Gasteiger partial charge in [-0.15, -0.1) is 0 Å². The molecule has 1 aromatic heterocycles. The van der Waals surface area contributed by atoms with Crippen LogP contribution < -0.4 is 4.57 Å². The summed E-state index contributed by atoms with van der Waals surface area (Å²) in [7, 11) is 0. The van der Waals surface area contributed by atoms with Gasteiger partial charge in [-0.25, -0.2) is 0 Å². The molecule has 0 aromatic carbocycles. The predicted molar refractivity (Wildman–Crippen MR) is 54.3 cm³/mol. The van der Waals surface area contributed by atoms with Gasteiger partial charge in [0.1, 0.15) is 0 Å². The van der Waals surface area contributed by atoms with E-state index in [1.54, 1.807) is 0 Å². The largest absolute Gasteiger partial charge is 0.199 e. The molecule has 1 rings (SSSR count). The summed E-state index contributed by atoms with van der Waals surface area (Å²) in [6.45, 7) is 6.60. The van der Waals surface area contributed by atoms with E-state index in [0.717, 1.165) is 0 Å². The Morgan fingerprint density at radius 3 is 2.08 bits per heavy atom. The lowest BCUT2D eigenvalue weighted by Gasteiger charge is -2.21. The van der Waals surface area contributed by atoms with Crippen LogP contribution in [0.5, 0.6) is 0 Å². The molecule has 0 amide bonds. The minimum atomic E-state index is 0.126. The van der Waals surface area contributed by atoms with Crippen LogP contribution >= 0.6 is 15.9 Å². The predicted octanol–water partition coefficient (Wildman–Crippen LogP) is 2.49. The second-order valence-electron chi connectivity index (χ2n) is 3.55. The van der Waals surface area contributed by atoms with Crippen LogP contribution in [0.4, 0.5) is 0 Å². The van der Waals surface area contributed by atoms with Crippen LogP contribution in [-0.2, 0) is 5.54 Å². The van der Waals surface area contributed by atoms with Gasteiger partial charge in [-0.05, 0) is 6.92 Å². The van der Waals surface area contributed by atoms with Crippen LogP contribution in [0.15, 0.2) is 30.6 Å². The van der Waals surface area contributed by atoms with Crippen molar-refractivity contribution in [3.8, 4) is 0 Å². The Labute approximate surface area is 82.6 Å². The molecule has 2 heteroatoms. The molecule has 66 valence electrons. The Hall–Kier alpha value is -0.370. The highest BCUT2D eigenvalue weighted by atomic mass is 79.9. The summed E-state index contributed by atoms with van der Waals surface area (Å²) in [5.74, 6) is 0. The number of alkyl halides is 1. The summed E-state index contributed by atoms with van der Waals surface area (Å²) >= 11 is 3.61. The minimum Gasteiger partial charge on any atom is -0.199 e. The molecule has 0 aliphatic heterocycles. The molecule has 1 nitrogen and oxygen atoms in total. The third-order valence-electron chi connectivity index (χ3n) is 2.35. The summed E-state index contributed by atoms with van der Waals surface area (Å²) in [4.78, 5) is 0.456. The average Bonchev–Trinajstić information content (AvgIpc) is 2.06. The monoisotopic (exact) mass is 228 g/mol. The number of nitrogens with zero attached hydrogens (tertiary/aromatic N) is 1. The zero-order valence-corrected chi connectivity index (χ0v) is 9.38. The second-order valence-corrected chi connectivity index (χ2v) is 4.93. The minimum absolute atomic E-state index is 0.126. The van der Waals surface area contributed by atoms with Crippen molar-refractivity contribution in [2.24, 2.45) is 0 Å². The molecule has 12 heavy (non-hydrogen) atoms. The molecule has 0 N–H and O–H groups in total. The Morgan fingerprint density at radius 2 is 1.67 bits per heavy atom. The van der Waals surface area contributed by atoms with Gasteiger partial charge in [-0.3, -0.25) is 0 Å². The molecular weight excluding hydrogens is 214 g/mol. The fourth-order valence-electron chi connectivity index (χ4n) is 0.988. The van der Waals surface area contributed by atoms with Gasteiger partial charge in [-0.2, -0.15) is 4.57 Å². The van der Waals surface area contributed by atoms with Crippen LogP contribution in [0.1, 0.15) is 20.8 Å². The number of aromatic nitrogens is 1. The summed E-state index contributed by atoms with van der Waals surface area (Å²) in [6, 6.07) is 6.14. The van der Waals surface area contributed by atoms with Crippen LogP contribution in [-0.4, -0.2) is 4.83 Å². The quantitative estimate of drug-likeness (QED) is 0.542. The first kappa shape index (κ1) is 9.72. The van der Waals surface area contributed by atoms with Gasteiger partial charge in [-0.1, -0.05) is 22.0 Å². The molecule has 0 bridgehead atoms. The molecule has 1 atom stereocenters. The molecule has 0 fully saturated rings. The van der Waals surface area contributed by atoms with Gasteiger partial charge < -0.3 is 0 Å². The van der Waals surface area contributed by atoms with Crippen molar-refractivity contribution in [3.05, 3.63) is 30.6 Å². The summed E-state index contributed by atoms with van der Waals surface area (Å²) in [5, 5.41) is 0. The third-order valence-corrected chi connectivity index (χ3v) is 3.47. The molecule has 0 saturated heterocycles. The van der Waals surface area contributed by atoms with Crippen molar-refractivity contribution in [2.45, 2.75) is 31.1 Å². The molecule has 0 spiro atoms. The van der Waals surface area contributed by atoms with Gasteiger partial charge in [0.25, 0.3) is 0 Å². The fraction of sp³-hybridized carbons (Fsp3) is 0.500. The number of hydrogen-bond acceptors (Lipinski definition) is 0. The zero-order valence-electron chi connectivity index (χ0n) is 7.79. The maximum atomic E-state index is 3.61. The highest BCUT2D eigenvalue weighted by Crippen LogP contribution is 2.18. The van der Waals surface area contributed by atoms with Crippen molar-refractivity contribution in [1.82, 2.24) is 0 Å². The van der Waals surface area contributed by atoms with Crippen LogP contribution in [0.25, 0.3) is 0 Å². The Morgan fingerprint density at radius 1 is 1.17 bits per heavy atom. The van der Waals surface area contributed by atoms with Gasteiger partial charge in [0.05, 0.1) is 4.83 Å². The Kier molecular flexibility index (Phi) is 2.89. The highest BCUT2D eigenvalue weighted by Gasteiger charge is 2.32. The van der Waals surface area contributed by atoms with E-state index in [1.807, 2.05) is 6.07 Å². The van der Waals surface area contributed by atoms with E-state index in [2.05, 4.69) is 65.8 Å². The van der Waals surface area contributed by atoms with E-state index in [4.69, 9.17) is 0 Å². The van der Waals surface area contributed by atoms with E-state index < -0.39 is 0 Å². The smallest absolute Gasteiger partial charge is 0.174 e. The first-order chi connectivity index (χ1) is 5.55. The SMILES string of the molecule is C[C@@H](Br)C(C)(C)[n+]1ccccc1. The van der Waals surface area contributed by atoms with Gasteiger partial charge >= 0.3 is 0 Å². The van der Waals surface area contributed by atoms with Gasteiger partial charge in [0.15, 0.2) is 17.9 Å². The fourth-order valence-corrected chi connectivity index (χ4v) is 1.22. The molecule has 1 heterocycles. The van der Waals surface area contributed by atoms with E-state index >= 15 is 0 Å². The molecule has 0 aliphatic carbocycles. The van der Waals surface area contributed by atoms with Crippen molar-refractivity contribution in [1.29, 1.82) is 0 Å². The molecule has 0 unspecified atom stereocenters. The maximum absolute atomic E-state index is 3.61. The average molecular weight is 229 g/mol. The Bertz CT molecular complexity index is 241. The second kappa shape index (κ2) is 3.56. The molecule has 0 aliphatic rings. The van der Waals surface area contributed by atoms with Crippen molar-refractivity contribution >= 4 is 15.9 Å². The number of rotatable bonds is 2. The van der Waals surface area contributed by atoms with Gasteiger partial charge in [0.2, 0.25) is 0 Å². The molecule has 0 radical (unpaired) electrons. The summed E-state index contributed by atoms with van der Waals surface area (Å²) in [5.41, 5.74) is 0.126. The number of hydrogen-bond donors (Lipinski definition) is 0. The number of halogens is 1. The summed E-state index contributed by atoms with van der Waals surface area (Å²) in [6.07, 6.45) is 4.19. The lowest BCUT2D eigenvalue weighted by atomic mass is 10.0. The first-order valence-electron chi connectivity index (χ1n) is 4.16.